The molecule has 1 aliphatic rings. The summed E-state index contributed by atoms with van der Waals surface area (Å²) in [5, 5.41) is 4.14. The summed E-state index contributed by atoms with van der Waals surface area (Å²) in [7, 11) is 0. The minimum atomic E-state index is -0.305. The number of carbonyl (C=O) groups excluding carboxylic acids is 1. The second-order valence-electron chi connectivity index (χ2n) is 7.65. The molecule has 3 aromatic rings. The van der Waals surface area contributed by atoms with Crippen molar-refractivity contribution in [3.8, 4) is 0 Å². The molecule has 1 unspecified atom stereocenters. The van der Waals surface area contributed by atoms with Gasteiger partial charge in [-0.3, -0.25) is 14.2 Å². The van der Waals surface area contributed by atoms with E-state index in [1.165, 1.54) is 23.9 Å². The van der Waals surface area contributed by atoms with Crippen molar-refractivity contribution in [3.05, 3.63) is 70.3 Å². The molecule has 1 aliphatic carbocycles. The third-order valence-electron chi connectivity index (χ3n) is 5.55. The van der Waals surface area contributed by atoms with E-state index in [9.17, 15) is 14.0 Å². The van der Waals surface area contributed by atoms with E-state index in [1.54, 1.807) is 16.7 Å². The first kappa shape index (κ1) is 20.6. The largest absolute Gasteiger partial charge is 0.349 e. The van der Waals surface area contributed by atoms with Crippen LogP contribution in [-0.4, -0.2) is 21.2 Å². The summed E-state index contributed by atoms with van der Waals surface area (Å²) in [5.74, 6) is -0.305. The van der Waals surface area contributed by atoms with Crippen LogP contribution in [0.15, 0.2) is 58.5 Å². The number of para-hydroxylation sites is 1. The van der Waals surface area contributed by atoms with Crippen molar-refractivity contribution in [1.82, 2.24) is 14.9 Å². The van der Waals surface area contributed by atoms with Crippen LogP contribution in [-0.2, 0) is 4.79 Å². The van der Waals surface area contributed by atoms with Crippen molar-refractivity contribution in [2.45, 2.75) is 49.8 Å². The number of hydrogen-bond acceptors (Lipinski definition) is 4. The Hall–Kier alpha value is -2.67. The van der Waals surface area contributed by atoms with Crippen molar-refractivity contribution < 1.29 is 9.18 Å². The van der Waals surface area contributed by atoms with Crippen LogP contribution in [0.3, 0.4) is 0 Å². The van der Waals surface area contributed by atoms with Gasteiger partial charge >= 0.3 is 0 Å². The lowest BCUT2D eigenvalue weighted by Gasteiger charge is -2.19. The Labute approximate surface area is 178 Å². The highest BCUT2D eigenvalue weighted by molar-refractivity contribution is 7.99. The van der Waals surface area contributed by atoms with Gasteiger partial charge < -0.3 is 5.32 Å². The van der Waals surface area contributed by atoms with Gasteiger partial charge in [0.05, 0.1) is 22.7 Å². The van der Waals surface area contributed by atoms with Crippen molar-refractivity contribution in [1.29, 1.82) is 0 Å². The lowest BCUT2D eigenvalue weighted by Crippen LogP contribution is -2.30. The lowest BCUT2D eigenvalue weighted by atomic mass is 10.1. The van der Waals surface area contributed by atoms with Gasteiger partial charge in [0.25, 0.3) is 5.56 Å². The first-order valence-corrected chi connectivity index (χ1v) is 11.2. The first-order valence-electron chi connectivity index (χ1n) is 10.2. The molecule has 0 saturated heterocycles. The Bertz CT molecular complexity index is 1110. The number of hydrogen-bond donors (Lipinski definition) is 1. The number of halogens is 1. The van der Waals surface area contributed by atoms with Crippen LogP contribution in [0.2, 0.25) is 0 Å². The average Bonchev–Trinajstić information content (AvgIpc) is 3.27. The normalized spacial score (nSPS) is 15.4. The molecule has 4 rings (SSSR count). The minimum Gasteiger partial charge on any atom is -0.349 e. The number of benzene rings is 2. The molecule has 1 atom stereocenters. The van der Waals surface area contributed by atoms with Gasteiger partial charge in [-0.1, -0.05) is 48.9 Å². The molecule has 0 radical (unpaired) electrons. The van der Waals surface area contributed by atoms with Gasteiger partial charge in [-0.05, 0) is 49.6 Å². The molecule has 30 heavy (non-hydrogen) atoms. The van der Waals surface area contributed by atoms with Crippen LogP contribution in [0.5, 0.6) is 0 Å². The molecule has 1 saturated carbocycles. The second-order valence-corrected chi connectivity index (χ2v) is 8.60. The molecule has 0 bridgehead atoms. The molecule has 1 heterocycles. The SMILES string of the molecule is CC(NC(=O)CSc1nc2ccccc2c(=O)n1C1CCCC1)c1ccc(F)cc1. The highest BCUT2D eigenvalue weighted by Crippen LogP contribution is 2.32. The summed E-state index contributed by atoms with van der Waals surface area (Å²) in [5.41, 5.74) is 1.45. The Morgan fingerprint density at radius 3 is 2.63 bits per heavy atom. The van der Waals surface area contributed by atoms with E-state index in [0.717, 1.165) is 31.2 Å². The van der Waals surface area contributed by atoms with E-state index >= 15 is 0 Å². The highest BCUT2D eigenvalue weighted by Gasteiger charge is 2.23. The zero-order valence-corrected chi connectivity index (χ0v) is 17.6. The third kappa shape index (κ3) is 4.41. The fraction of sp³-hybridized carbons (Fsp3) is 0.348. The summed E-state index contributed by atoms with van der Waals surface area (Å²) < 4.78 is 14.9. The Morgan fingerprint density at radius 2 is 1.90 bits per heavy atom. The molecule has 1 aromatic heterocycles. The number of nitrogens with one attached hydrogen (secondary N) is 1. The maximum atomic E-state index is 13.1. The second kappa shape index (κ2) is 9.00. The maximum Gasteiger partial charge on any atom is 0.262 e. The average molecular weight is 426 g/mol. The van der Waals surface area contributed by atoms with E-state index in [4.69, 9.17) is 4.98 Å². The van der Waals surface area contributed by atoms with E-state index in [2.05, 4.69) is 5.32 Å². The number of fused-ring (bicyclic) bond motifs is 1. The van der Waals surface area contributed by atoms with Gasteiger partial charge in [-0.2, -0.15) is 0 Å². The molecule has 0 spiro atoms. The summed E-state index contributed by atoms with van der Waals surface area (Å²) in [6, 6.07) is 13.3. The zero-order chi connectivity index (χ0) is 21.1. The topological polar surface area (TPSA) is 64.0 Å². The molecular weight excluding hydrogens is 401 g/mol. The van der Waals surface area contributed by atoms with Gasteiger partial charge in [0.2, 0.25) is 5.91 Å². The van der Waals surface area contributed by atoms with Crippen LogP contribution < -0.4 is 10.9 Å². The third-order valence-corrected chi connectivity index (χ3v) is 6.50. The van der Waals surface area contributed by atoms with Crippen molar-refractivity contribution >= 4 is 28.6 Å². The van der Waals surface area contributed by atoms with Crippen LogP contribution in [0.1, 0.15) is 50.3 Å². The van der Waals surface area contributed by atoms with E-state index in [1.807, 2.05) is 31.2 Å². The summed E-state index contributed by atoms with van der Waals surface area (Å²) >= 11 is 1.29. The quantitative estimate of drug-likeness (QED) is 0.462. The molecule has 0 aliphatic heterocycles. The number of thioether (sulfide) groups is 1. The number of nitrogens with zero attached hydrogens (tertiary/aromatic N) is 2. The van der Waals surface area contributed by atoms with Gasteiger partial charge in [-0.25, -0.2) is 9.37 Å². The molecular formula is C23H24FN3O2S. The summed E-state index contributed by atoms with van der Waals surface area (Å²) in [6.07, 6.45) is 4.12. The summed E-state index contributed by atoms with van der Waals surface area (Å²) in [4.78, 5) is 30.4. The van der Waals surface area contributed by atoms with Crippen LogP contribution in [0.25, 0.3) is 10.9 Å². The van der Waals surface area contributed by atoms with Crippen molar-refractivity contribution in [2.75, 3.05) is 5.75 Å². The molecule has 7 heteroatoms. The molecule has 1 fully saturated rings. The number of amides is 1. The molecule has 1 amide bonds. The van der Waals surface area contributed by atoms with E-state index in [0.29, 0.717) is 16.1 Å². The van der Waals surface area contributed by atoms with Crippen molar-refractivity contribution in [2.24, 2.45) is 0 Å². The Kier molecular flexibility index (Phi) is 6.18. The van der Waals surface area contributed by atoms with Crippen molar-refractivity contribution in [3.63, 3.8) is 0 Å². The smallest absolute Gasteiger partial charge is 0.262 e. The van der Waals surface area contributed by atoms with Gasteiger partial charge in [0, 0.05) is 6.04 Å². The first-order chi connectivity index (χ1) is 14.5. The van der Waals surface area contributed by atoms with Gasteiger partial charge in [-0.15, -0.1) is 0 Å². The van der Waals surface area contributed by atoms with Crippen LogP contribution >= 0.6 is 11.8 Å². The molecule has 2 aromatic carbocycles. The van der Waals surface area contributed by atoms with Crippen LogP contribution in [0.4, 0.5) is 4.39 Å². The van der Waals surface area contributed by atoms with Crippen LogP contribution in [0, 0.1) is 5.82 Å². The Balaban J connectivity index is 1.52. The van der Waals surface area contributed by atoms with E-state index in [-0.39, 0.29) is 35.1 Å². The standard InChI is InChI=1S/C23H24FN3O2S/c1-15(16-10-12-17(24)13-11-16)25-21(28)14-30-23-26-20-9-5-4-8-19(20)22(29)27(23)18-6-2-3-7-18/h4-5,8-13,15,18H,2-3,6-7,14H2,1H3,(H,25,28). The van der Waals surface area contributed by atoms with Gasteiger partial charge in [0.15, 0.2) is 5.16 Å². The predicted molar refractivity (Wildman–Crippen MR) is 117 cm³/mol. The number of rotatable bonds is 6. The lowest BCUT2D eigenvalue weighted by molar-refractivity contribution is -0.119. The minimum absolute atomic E-state index is 0.0323. The molecule has 1 N–H and O–H groups in total. The van der Waals surface area contributed by atoms with E-state index < -0.39 is 0 Å². The highest BCUT2D eigenvalue weighted by atomic mass is 32.2. The molecule has 5 nitrogen and oxygen atoms in total. The predicted octanol–water partition coefficient (Wildman–Crippen LogP) is 4.62. The fourth-order valence-corrected chi connectivity index (χ4v) is 4.84. The number of carbonyl (C=O) groups is 1. The summed E-state index contributed by atoms with van der Waals surface area (Å²) in [6.45, 7) is 1.86. The zero-order valence-electron chi connectivity index (χ0n) is 16.8. The monoisotopic (exact) mass is 425 g/mol. The fourth-order valence-electron chi connectivity index (χ4n) is 3.96. The number of aromatic nitrogens is 2. The van der Waals surface area contributed by atoms with Gasteiger partial charge in [0.1, 0.15) is 5.82 Å². The maximum absolute atomic E-state index is 13.1. The Morgan fingerprint density at radius 1 is 1.20 bits per heavy atom. The molecule has 156 valence electrons.